The van der Waals surface area contributed by atoms with E-state index in [1.807, 2.05) is 49.4 Å². The number of para-hydroxylation sites is 1. The molecule has 1 N–H and O–H groups in total. The number of hydrogen-bond donors (Lipinski definition) is 1. The maximum absolute atomic E-state index is 12.4. The van der Waals surface area contributed by atoms with Crippen LogP contribution in [0.4, 0.5) is 0 Å². The van der Waals surface area contributed by atoms with Crippen LogP contribution in [0, 0.1) is 0 Å². The van der Waals surface area contributed by atoms with E-state index in [-0.39, 0.29) is 12.6 Å². The van der Waals surface area contributed by atoms with Gasteiger partial charge in [-0.1, -0.05) is 24.3 Å². The molecule has 1 aromatic heterocycles. The number of fused-ring (bicyclic) bond motifs is 2. The maximum atomic E-state index is 12.4. The third kappa shape index (κ3) is 5.09. The first-order chi connectivity index (χ1) is 17.1. The van der Waals surface area contributed by atoms with Crippen molar-refractivity contribution in [1.82, 2.24) is 5.43 Å². The lowest BCUT2D eigenvalue weighted by molar-refractivity contribution is 0.0929. The molecule has 4 aromatic rings. The van der Waals surface area contributed by atoms with Gasteiger partial charge in [0.15, 0.2) is 28.8 Å². The van der Waals surface area contributed by atoms with Gasteiger partial charge in [-0.2, -0.15) is 5.10 Å². The van der Waals surface area contributed by atoms with E-state index in [1.54, 1.807) is 18.2 Å². The number of halogens is 1. The van der Waals surface area contributed by atoms with Crippen molar-refractivity contribution < 1.29 is 28.2 Å². The minimum absolute atomic E-state index is 0.187. The van der Waals surface area contributed by atoms with Crippen molar-refractivity contribution >= 4 is 39.0 Å². The molecule has 2 heterocycles. The zero-order valence-electron chi connectivity index (χ0n) is 18.7. The summed E-state index contributed by atoms with van der Waals surface area (Å²) < 4.78 is 28.9. The van der Waals surface area contributed by atoms with Gasteiger partial charge < -0.3 is 23.4 Å². The summed E-state index contributed by atoms with van der Waals surface area (Å²) in [6.45, 7) is 2.89. The van der Waals surface area contributed by atoms with E-state index in [1.165, 1.54) is 6.21 Å². The number of hydrazone groups is 1. The number of carbonyl (C=O) groups excluding carboxylic acids is 1. The maximum Gasteiger partial charge on any atom is 0.307 e. The van der Waals surface area contributed by atoms with Crippen molar-refractivity contribution in [3.63, 3.8) is 0 Å². The second-order valence-corrected chi connectivity index (χ2v) is 8.44. The summed E-state index contributed by atoms with van der Waals surface area (Å²) in [4.78, 5) is 12.4. The lowest BCUT2D eigenvalue weighted by atomic mass is 10.2. The second-order valence-electron chi connectivity index (χ2n) is 7.59. The number of benzene rings is 3. The van der Waals surface area contributed by atoms with E-state index in [2.05, 4.69) is 26.5 Å². The van der Waals surface area contributed by atoms with E-state index in [9.17, 15) is 4.79 Å². The summed E-state index contributed by atoms with van der Waals surface area (Å²) in [5.41, 5.74) is 4.77. The van der Waals surface area contributed by atoms with Crippen LogP contribution in [0.15, 0.2) is 74.7 Å². The Balaban J connectivity index is 1.28. The molecule has 0 atom stereocenters. The largest absolute Gasteiger partial charge is 0.490 e. The average Bonchev–Trinajstić information content (AvgIpc) is 3.50. The van der Waals surface area contributed by atoms with E-state index < -0.39 is 5.91 Å². The monoisotopic (exact) mass is 536 g/mol. The normalized spacial score (nSPS) is 12.3. The molecule has 0 bridgehead atoms. The fourth-order valence-corrected chi connectivity index (χ4v) is 4.14. The Kier molecular flexibility index (Phi) is 6.58. The van der Waals surface area contributed by atoms with Crippen LogP contribution in [-0.4, -0.2) is 25.5 Å². The molecule has 0 radical (unpaired) electrons. The topological polar surface area (TPSA) is 91.5 Å². The number of carbonyl (C=O) groups is 1. The van der Waals surface area contributed by atoms with Crippen LogP contribution in [-0.2, 0) is 6.61 Å². The molecular weight excluding hydrogens is 516 g/mol. The van der Waals surface area contributed by atoms with Gasteiger partial charge >= 0.3 is 5.91 Å². The highest BCUT2D eigenvalue weighted by molar-refractivity contribution is 9.10. The van der Waals surface area contributed by atoms with Crippen molar-refractivity contribution in [2.75, 3.05) is 13.4 Å². The summed E-state index contributed by atoms with van der Waals surface area (Å²) in [7, 11) is 0. The Morgan fingerprint density at radius 3 is 2.80 bits per heavy atom. The first kappa shape index (κ1) is 22.8. The Morgan fingerprint density at radius 2 is 1.94 bits per heavy atom. The predicted octanol–water partition coefficient (Wildman–Crippen LogP) is 5.67. The Labute approximate surface area is 209 Å². The lowest BCUT2D eigenvalue weighted by Crippen LogP contribution is -2.16. The van der Waals surface area contributed by atoms with Gasteiger partial charge in [-0.05, 0) is 70.4 Å². The molecule has 0 aliphatic carbocycles. The van der Waals surface area contributed by atoms with Crippen LogP contribution in [0.25, 0.3) is 11.0 Å². The van der Waals surface area contributed by atoms with Crippen LogP contribution in [0.3, 0.4) is 0 Å². The molecule has 8 nitrogen and oxygen atoms in total. The average molecular weight is 537 g/mol. The molecule has 0 saturated heterocycles. The van der Waals surface area contributed by atoms with Gasteiger partial charge in [-0.25, -0.2) is 5.43 Å². The number of hydrogen-bond acceptors (Lipinski definition) is 7. The number of amides is 1. The van der Waals surface area contributed by atoms with Gasteiger partial charge in [-0.15, -0.1) is 0 Å². The molecule has 178 valence electrons. The Morgan fingerprint density at radius 1 is 1.09 bits per heavy atom. The van der Waals surface area contributed by atoms with Crippen molar-refractivity contribution in [3.8, 4) is 23.0 Å². The molecule has 9 heteroatoms. The van der Waals surface area contributed by atoms with Crippen molar-refractivity contribution in [3.05, 3.63) is 82.0 Å². The molecule has 5 rings (SSSR count). The Hall–Kier alpha value is -3.98. The summed E-state index contributed by atoms with van der Waals surface area (Å²) in [5.74, 6) is 2.28. The Bertz CT molecular complexity index is 1380. The number of rotatable bonds is 8. The van der Waals surface area contributed by atoms with Gasteiger partial charge in [-0.3, -0.25) is 4.79 Å². The summed E-state index contributed by atoms with van der Waals surface area (Å²) >= 11 is 3.55. The quantitative estimate of drug-likeness (QED) is 0.230. The summed E-state index contributed by atoms with van der Waals surface area (Å²) in [6, 6.07) is 18.4. The van der Waals surface area contributed by atoms with E-state index in [0.29, 0.717) is 46.1 Å². The van der Waals surface area contributed by atoms with Gasteiger partial charge in [0.05, 0.1) is 17.3 Å². The zero-order valence-corrected chi connectivity index (χ0v) is 20.3. The summed E-state index contributed by atoms with van der Waals surface area (Å²) in [5, 5.41) is 4.91. The SMILES string of the molecule is CCOc1cc(/C=N/NC(=O)c2cc3ccccc3o2)cc(Br)c1OCc1ccc2c(c1)OCO2. The minimum Gasteiger partial charge on any atom is -0.490 e. The van der Waals surface area contributed by atoms with Gasteiger partial charge in [0.2, 0.25) is 6.79 Å². The van der Waals surface area contributed by atoms with E-state index in [4.69, 9.17) is 23.4 Å². The molecule has 1 amide bonds. The van der Waals surface area contributed by atoms with Crippen LogP contribution in [0.1, 0.15) is 28.6 Å². The predicted molar refractivity (Wildman–Crippen MR) is 133 cm³/mol. The number of ether oxygens (including phenoxy) is 4. The number of furan rings is 1. The molecule has 1 aliphatic heterocycles. The molecule has 35 heavy (non-hydrogen) atoms. The molecule has 1 aliphatic rings. The highest BCUT2D eigenvalue weighted by atomic mass is 79.9. The molecule has 0 spiro atoms. The fraction of sp³-hybridized carbons (Fsp3) is 0.154. The highest BCUT2D eigenvalue weighted by Crippen LogP contribution is 2.38. The molecule has 0 saturated carbocycles. The van der Waals surface area contributed by atoms with E-state index >= 15 is 0 Å². The first-order valence-electron chi connectivity index (χ1n) is 10.9. The van der Waals surface area contributed by atoms with Crippen LogP contribution in [0.5, 0.6) is 23.0 Å². The third-order valence-corrected chi connectivity index (χ3v) is 5.77. The standard InChI is InChI=1S/C26H21BrN2O6/c1-2-31-23-11-17(13-28-29-26(30)24-12-18-5-3-4-6-20(18)35-24)9-19(27)25(23)32-14-16-7-8-21-22(10-16)34-15-33-21/h3-13H,2,14-15H2,1H3,(H,29,30)/b28-13+. The smallest absolute Gasteiger partial charge is 0.307 e. The molecular formula is C26H21BrN2O6. The highest BCUT2D eigenvalue weighted by Gasteiger charge is 2.16. The second kappa shape index (κ2) is 10.1. The van der Waals surface area contributed by atoms with Crippen molar-refractivity contribution in [2.45, 2.75) is 13.5 Å². The van der Waals surface area contributed by atoms with Gasteiger partial charge in [0, 0.05) is 5.39 Å². The van der Waals surface area contributed by atoms with Crippen LogP contribution < -0.4 is 24.4 Å². The minimum atomic E-state index is -0.440. The molecule has 0 fully saturated rings. The number of nitrogens with one attached hydrogen (secondary N) is 1. The van der Waals surface area contributed by atoms with Gasteiger partial charge in [0.25, 0.3) is 0 Å². The molecule has 3 aromatic carbocycles. The lowest BCUT2D eigenvalue weighted by Gasteiger charge is -2.15. The van der Waals surface area contributed by atoms with Crippen LogP contribution >= 0.6 is 15.9 Å². The van der Waals surface area contributed by atoms with E-state index in [0.717, 1.165) is 16.7 Å². The first-order valence-corrected chi connectivity index (χ1v) is 11.7. The third-order valence-electron chi connectivity index (χ3n) is 5.18. The van der Waals surface area contributed by atoms with Crippen LogP contribution in [0.2, 0.25) is 0 Å². The fourth-order valence-electron chi connectivity index (χ4n) is 3.57. The summed E-state index contributed by atoms with van der Waals surface area (Å²) in [6.07, 6.45) is 1.52. The van der Waals surface area contributed by atoms with Crippen molar-refractivity contribution in [2.24, 2.45) is 5.10 Å². The molecule has 0 unspecified atom stereocenters. The zero-order chi connectivity index (χ0) is 24.2. The van der Waals surface area contributed by atoms with Crippen molar-refractivity contribution in [1.29, 1.82) is 0 Å². The van der Waals surface area contributed by atoms with Gasteiger partial charge in [0.1, 0.15) is 12.2 Å². The number of nitrogens with zero attached hydrogens (tertiary/aromatic N) is 1.